The van der Waals surface area contributed by atoms with Crippen LogP contribution in [0.5, 0.6) is 0 Å². The minimum absolute atomic E-state index is 0. The van der Waals surface area contributed by atoms with E-state index in [4.69, 9.17) is 5.73 Å². The molecule has 1 N–H and O–H groups in total. The quantitative estimate of drug-likeness (QED) is 0.143. The first kappa shape index (κ1) is 34.4. The van der Waals surface area contributed by atoms with Crippen LogP contribution in [0.3, 0.4) is 0 Å². The molecule has 0 bridgehead atoms. The van der Waals surface area contributed by atoms with Gasteiger partial charge in [-0.25, -0.2) is 0 Å². The van der Waals surface area contributed by atoms with Crippen molar-refractivity contribution in [1.82, 2.24) is 0 Å². The van der Waals surface area contributed by atoms with Crippen LogP contribution in [0.2, 0.25) is 13.1 Å². The Hall–Kier alpha value is -2.56. The van der Waals surface area contributed by atoms with Gasteiger partial charge in [0.15, 0.2) is 0 Å². The van der Waals surface area contributed by atoms with Gasteiger partial charge in [-0.05, 0) is 25.2 Å². The van der Waals surface area contributed by atoms with Crippen molar-refractivity contribution in [2.45, 2.75) is 39.4 Å². The molecule has 4 aromatic rings. The average molecular weight is 543 g/mol. The van der Waals surface area contributed by atoms with Crippen molar-refractivity contribution in [2.75, 3.05) is 19.0 Å². The summed E-state index contributed by atoms with van der Waals surface area (Å²) in [5, 5.41) is 2.66. The third-order valence-corrected chi connectivity index (χ3v) is 4.43. The molecule has 0 saturated heterocycles. The molecule has 0 atom stereocenters. The summed E-state index contributed by atoms with van der Waals surface area (Å²) in [7, 11) is 5.23. The molecule has 0 saturated carbocycles. The van der Waals surface area contributed by atoms with Crippen molar-refractivity contribution in [2.24, 2.45) is 0 Å². The van der Waals surface area contributed by atoms with E-state index in [-0.39, 0.29) is 27.3 Å². The minimum Gasteiger partial charge on any atom is -0.673 e. The summed E-state index contributed by atoms with van der Waals surface area (Å²) >= 11 is 0. The maximum atomic E-state index is 6.94. The number of nitrogens with zero attached hydrogens (tertiary/aromatic N) is 1. The molecule has 192 valence electrons. The number of nitrogens with one attached hydrogen (secondary N) is 1. The van der Waals surface area contributed by atoms with E-state index in [1.165, 1.54) is 27.6 Å². The normalized spacial score (nSPS) is 10.4. The summed E-state index contributed by atoms with van der Waals surface area (Å²) in [4.78, 5) is 2.14. The van der Waals surface area contributed by atoms with Crippen LogP contribution >= 0.6 is 0 Å². The summed E-state index contributed by atoms with van der Waals surface area (Å²) in [6.07, 6.45) is 8.31. The SMILES string of the molecule is C(C=Cc1ccccc1)=Cc1ccccc1.CC(C)(C)[NH-].CN(C)c1c[cH-]c2ccccc12.C[Si]C.[Ti+2]. The molecule has 0 unspecified atom stereocenters. The Bertz CT molecular complexity index is 1090. The van der Waals surface area contributed by atoms with Crippen LogP contribution in [0, 0.1) is 0 Å². The van der Waals surface area contributed by atoms with Gasteiger partial charge in [-0.2, -0.15) is 0 Å². The standard InChI is InChI=1S/C16H14.C11H12N.C4H10N.C2H6Si.Ti/c1-3-9-15(10-4-1)13-7-8-14-16-11-5-2-6-12-16;1-12(2)11-8-7-9-5-3-4-6-10(9)11;1-4(2,3)5;1-3-2;/h1-14H;3-8H,1-2H3;5H,1-3H3;1-2H3;/q;2*-1;;+2. The second kappa shape index (κ2) is 19.5. The molecule has 0 aliphatic heterocycles. The molecule has 0 heterocycles. The van der Waals surface area contributed by atoms with E-state index < -0.39 is 0 Å². The van der Waals surface area contributed by atoms with Crippen LogP contribution in [0.4, 0.5) is 5.69 Å². The Morgan fingerprint density at radius 2 is 1.11 bits per heavy atom. The molecule has 4 rings (SSSR count). The van der Waals surface area contributed by atoms with Crippen LogP contribution in [0.15, 0.2) is 109 Å². The van der Waals surface area contributed by atoms with E-state index in [9.17, 15) is 0 Å². The van der Waals surface area contributed by atoms with Crippen LogP contribution in [0.25, 0.3) is 28.7 Å². The van der Waals surface area contributed by atoms with Gasteiger partial charge < -0.3 is 10.6 Å². The zero-order valence-corrected chi connectivity index (χ0v) is 26.1. The van der Waals surface area contributed by atoms with Crippen molar-refractivity contribution in [3.63, 3.8) is 0 Å². The summed E-state index contributed by atoms with van der Waals surface area (Å²) < 4.78 is 0. The number of hydrogen-bond acceptors (Lipinski definition) is 1. The number of benzene rings is 3. The Labute approximate surface area is 243 Å². The Balaban J connectivity index is 0.000000545. The predicted molar refractivity (Wildman–Crippen MR) is 166 cm³/mol. The zero-order valence-electron chi connectivity index (χ0n) is 23.5. The van der Waals surface area contributed by atoms with Gasteiger partial charge in [0, 0.05) is 9.52 Å². The second-order valence-corrected chi connectivity index (χ2v) is 10.5. The van der Waals surface area contributed by atoms with Gasteiger partial charge in [-0.3, -0.25) is 0 Å². The minimum atomic E-state index is -0.250. The summed E-state index contributed by atoms with van der Waals surface area (Å²) in [6.45, 7) is 9.87. The van der Waals surface area contributed by atoms with Crippen molar-refractivity contribution >= 4 is 38.1 Å². The Kier molecular flexibility index (Phi) is 18.2. The molecule has 0 amide bonds. The van der Waals surface area contributed by atoms with E-state index >= 15 is 0 Å². The monoisotopic (exact) mass is 542 g/mol. The Morgan fingerprint density at radius 3 is 1.51 bits per heavy atom. The van der Waals surface area contributed by atoms with Gasteiger partial charge >= 0.3 is 21.7 Å². The molecule has 0 aliphatic carbocycles. The molecule has 4 heteroatoms. The van der Waals surface area contributed by atoms with Crippen molar-refractivity contribution in [3.8, 4) is 0 Å². The average Bonchev–Trinajstić information content (AvgIpc) is 3.28. The van der Waals surface area contributed by atoms with E-state index in [2.05, 4.69) is 117 Å². The Morgan fingerprint density at radius 1 is 0.730 bits per heavy atom. The van der Waals surface area contributed by atoms with E-state index in [0.717, 1.165) is 9.52 Å². The van der Waals surface area contributed by atoms with Gasteiger partial charge in [0.2, 0.25) is 0 Å². The zero-order chi connectivity index (χ0) is 26.8. The van der Waals surface area contributed by atoms with Gasteiger partial charge in [0.25, 0.3) is 0 Å². The van der Waals surface area contributed by atoms with E-state index in [1.807, 2.05) is 57.2 Å². The maximum Gasteiger partial charge on any atom is 2.00 e. The van der Waals surface area contributed by atoms with Gasteiger partial charge in [-0.15, -0.1) is 46.6 Å². The number of rotatable bonds is 4. The largest absolute Gasteiger partial charge is 2.00 e. The molecule has 4 aromatic carbocycles. The van der Waals surface area contributed by atoms with Crippen molar-refractivity contribution < 1.29 is 21.7 Å². The van der Waals surface area contributed by atoms with Crippen LogP contribution in [0.1, 0.15) is 31.9 Å². The molecule has 0 spiro atoms. The fourth-order valence-electron chi connectivity index (χ4n) is 2.99. The number of hydrogen-bond donors (Lipinski definition) is 0. The third-order valence-electron chi connectivity index (χ3n) is 4.43. The smallest absolute Gasteiger partial charge is 0.673 e. The number of allylic oxidation sites excluding steroid dienone is 2. The second-order valence-electron chi connectivity index (χ2n) is 9.49. The van der Waals surface area contributed by atoms with Crippen LogP contribution in [-0.4, -0.2) is 29.2 Å². The van der Waals surface area contributed by atoms with E-state index in [0.29, 0.717) is 0 Å². The van der Waals surface area contributed by atoms with Crippen LogP contribution < -0.4 is 4.90 Å². The third kappa shape index (κ3) is 16.7. The van der Waals surface area contributed by atoms with Gasteiger partial charge in [0.05, 0.1) is 0 Å². The fraction of sp³-hybridized carbons (Fsp3) is 0.242. The molecule has 0 aliphatic rings. The molecule has 0 fully saturated rings. The molecule has 37 heavy (non-hydrogen) atoms. The first-order valence-corrected chi connectivity index (χ1v) is 14.3. The van der Waals surface area contributed by atoms with Crippen molar-refractivity contribution in [3.05, 3.63) is 126 Å². The molecule has 2 nitrogen and oxygen atoms in total. The predicted octanol–water partition coefficient (Wildman–Crippen LogP) is 9.66. The maximum absolute atomic E-state index is 6.94. The number of fused-ring (bicyclic) bond motifs is 1. The molecule has 0 aromatic heterocycles. The molecule has 2 radical (unpaired) electrons. The summed E-state index contributed by atoms with van der Waals surface area (Å²) in [5.41, 5.74) is 10.4. The fourth-order valence-corrected chi connectivity index (χ4v) is 2.99. The molecular formula is C33H42N2SiTi. The molecular weight excluding hydrogens is 500 g/mol. The number of anilines is 1. The first-order chi connectivity index (χ1) is 17.2. The van der Waals surface area contributed by atoms with Crippen molar-refractivity contribution in [1.29, 1.82) is 0 Å². The van der Waals surface area contributed by atoms with Gasteiger partial charge in [-0.1, -0.05) is 131 Å². The summed E-state index contributed by atoms with van der Waals surface area (Å²) in [6, 6.07) is 33.3. The summed E-state index contributed by atoms with van der Waals surface area (Å²) in [5.74, 6) is 0. The first-order valence-electron chi connectivity index (χ1n) is 12.3. The van der Waals surface area contributed by atoms with Gasteiger partial charge in [0.1, 0.15) is 0 Å². The van der Waals surface area contributed by atoms with E-state index in [1.54, 1.807) is 0 Å². The topological polar surface area (TPSA) is 27.0 Å². The van der Waals surface area contributed by atoms with Crippen LogP contribution in [-0.2, 0) is 21.7 Å².